The molecule has 0 aromatic heterocycles. The molecule has 4 heteroatoms. The Hall–Kier alpha value is -1.32. The molecule has 0 spiro atoms. The van der Waals surface area contributed by atoms with Gasteiger partial charge in [-0.05, 0) is 20.8 Å². The Balaban J connectivity index is 2.54. The number of carbonyl (C=O) groups is 2. The minimum atomic E-state index is -0.785. The van der Waals surface area contributed by atoms with Crippen molar-refractivity contribution in [3.8, 4) is 0 Å². The molecular formula is C10H14O4. The molecule has 1 aliphatic heterocycles. The summed E-state index contributed by atoms with van der Waals surface area (Å²) in [5, 5.41) is 0. The molecule has 0 saturated heterocycles. The Morgan fingerprint density at radius 1 is 1.57 bits per heavy atom. The van der Waals surface area contributed by atoms with E-state index in [0.717, 1.165) is 0 Å². The molecule has 0 saturated carbocycles. The molecule has 1 aliphatic rings. The molecule has 0 radical (unpaired) electrons. The zero-order chi connectivity index (χ0) is 10.8. The molecule has 1 heterocycles. The minimum Gasteiger partial charge on any atom is -0.486 e. The van der Waals surface area contributed by atoms with Crippen LogP contribution in [0.1, 0.15) is 27.2 Å². The van der Waals surface area contributed by atoms with E-state index in [1.54, 1.807) is 20.8 Å². The maximum Gasteiger partial charge on any atom is 0.348 e. The van der Waals surface area contributed by atoms with Gasteiger partial charge in [0.05, 0.1) is 12.7 Å². The van der Waals surface area contributed by atoms with Gasteiger partial charge in [0.2, 0.25) is 6.10 Å². The van der Waals surface area contributed by atoms with Crippen molar-refractivity contribution in [2.75, 3.05) is 0 Å². The lowest BCUT2D eigenvalue weighted by Gasteiger charge is -2.24. The van der Waals surface area contributed by atoms with Gasteiger partial charge >= 0.3 is 5.97 Å². The zero-order valence-electron chi connectivity index (χ0n) is 8.57. The molecule has 0 amide bonds. The maximum atomic E-state index is 11.4. The average molecular weight is 198 g/mol. The van der Waals surface area contributed by atoms with Crippen molar-refractivity contribution in [3.05, 3.63) is 12.3 Å². The van der Waals surface area contributed by atoms with E-state index in [1.807, 2.05) is 0 Å². The van der Waals surface area contributed by atoms with Crippen LogP contribution in [0.5, 0.6) is 0 Å². The Bertz CT molecular complexity index is 272. The Morgan fingerprint density at radius 2 is 2.21 bits per heavy atom. The summed E-state index contributed by atoms with van der Waals surface area (Å²) in [7, 11) is 0. The summed E-state index contributed by atoms with van der Waals surface area (Å²) in [6.07, 6.45) is 1.82. The molecule has 0 aromatic rings. The van der Waals surface area contributed by atoms with Crippen molar-refractivity contribution in [3.63, 3.8) is 0 Å². The highest BCUT2D eigenvalue weighted by Crippen LogP contribution is 2.14. The fourth-order valence-electron chi connectivity index (χ4n) is 1.02. The van der Waals surface area contributed by atoms with Crippen LogP contribution in [0.3, 0.4) is 0 Å². The van der Waals surface area contributed by atoms with Crippen molar-refractivity contribution < 1.29 is 19.1 Å². The summed E-state index contributed by atoms with van der Waals surface area (Å²) in [5.41, 5.74) is -0.551. The predicted octanol–water partition coefficient (Wildman–Crippen LogP) is 1.20. The van der Waals surface area contributed by atoms with Crippen LogP contribution >= 0.6 is 0 Å². The van der Waals surface area contributed by atoms with Gasteiger partial charge in [0.15, 0.2) is 5.78 Å². The van der Waals surface area contributed by atoms with Crippen LogP contribution in [0.15, 0.2) is 12.3 Å². The summed E-state index contributed by atoms with van der Waals surface area (Å²) in [4.78, 5) is 22.4. The Labute approximate surface area is 82.9 Å². The van der Waals surface area contributed by atoms with Crippen LogP contribution in [0.4, 0.5) is 0 Å². The highest BCUT2D eigenvalue weighted by Gasteiger charge is 2.29. The van der Waals surface area contributed by atoms with Crippen molar-refractivity contribution >= 4 is 11.8 Å². The van der Waals surface area contributed by atoms with Gasteiger partial charge in [-0.2, -0.15) is 0 Å². The molecule has 0 fully saturated rings. The SMILES string of the molecule is CC(C)(C)OC(=O)[C@H]1CC(=O)C=CO1. The molecule has 14 heavy (non-hydrogen) atoms. The van der Waals surface area contributed by atoms with Crippen LogP contribution in [-0.4, -0.2) is 23.5 Å². The number of hydrogen-bond acceptors (Lipinski definition) is 4. The lowest BCUT2D eigenvalue weighted by molar-refractivity contribution is -0.167. The standard InChI is InChI=1S/C10H14O4/c1-10(2,3)14-9(12)8-6-7(11)4-5-13-8/h4-5,8H,6H2,1-3H3/t8-/m1/s1. The fraction of sp³-hybridized carbons (Fsp3) is 0.600. The van der Waals surface area contributed by atoms with Crippen molar-refractivity contribution in [1.29, 1.82) is 0 Å². The van der Waals surface area contributed by atoms with Gasteiger partial charge in [0.25, 0.3) is 0 Å². The second-order valence-corrected chi connectivity index (χ2v) is 4.13. The lowest BCUT2D eigenvalue weighted by Crippen LogP contribution is -2.35. The molecule has 0 unspecified atom stereocenters. The van der Waals surface area contributed by atoms with Gasteiger partial charge in [-0.15, -0.1) is 0 Å². The van der Waals surface area contributed by atoms with E-state index in [2.05, 4.69) is 0 Å². The molecule has 0 N–H and O–H groups in total. The average Bonchev–Trinajstić information content (AvgIpc) is 2.01. The van der Waals surface area contributed by atoms with E-state index in [-0.39, 0.29) is 12.2 Å². The molecule has 4 nitrogen and oxygen atoms in total. The third kappa shape index (κ3) is 3.20. The van der Waals surface area contributed by atoms with E-state index in [1.165, 1.54) is 12.3 Å². The molecule has 78 valence electrons. The predicted molar refractivity (Wildman–Crippen MR) is 49.5 cm³/mol. The number of carbonyl (C=O) groups excluding carboxylic acids is 2. The van der Waals surface area contributed by atoms with Crippen LogP contribution in [0, 0.1) is 0 Å². The van der Waals surface area contributed by atoms with Gasteiger partial charge in [0, 0.05) is 6.08 Å². The van der Waals surface area contributed by atoms with Crippen molar-refractivity contribution in [1.82, 2.24) is 0 Å². The largest absolute Gasteiger partial charge is 0.486 e. The quantitative estimate of drug-likeness (QED) is 0.594. The lowest BCUT2D eigenvalue weighted by atomic mass is 10.1. The highest BCUT2D eigenvalue weighted by atomic mass is 16.6. The van der Waals surface area contributed by atoms with Gasteiger partial charge in [-0.25, -0.2) is 4.79 Å². The summed E-state index contributed by atoms with van der Waals surface area (Å²) in [6.45, 7) is 5.31. The molecule has 1 rings (SSSR count). The number of allylic oxidation sites excluding steroid dienone is 1. The zero-order valence-corrected chi connectivity index (χ0v) is 8.57. The normalized spacial score (nSPS) is 21.6. The topological polar surface area (TPSA) is 52.6 Å². The van der Waals surface area contributed by atoms with Crippen LogP contribution < -0.4 is 0 Å². The second kappa shape index (κ2) is 3.82. The third-order valence-corrected chi connectivity index (χ3v) is 1.55. The summed E-state index contributed by atoms with van der Waals surface area (Å²) < 4.78 is 10.1. The summed E-state index contributed by atoms with van der Waals surface area (Å²) in [6, 6.07) is 0. The van der Waals surface area contributed by atoms with E-state index >= 15 is 0 Å². The Morgan fingerprint density at radius 3 is 2.71 bits per heavy atom. The first-order valence-corrected chi connectivity index (χ1v) is 4.46. The first-order chi connectivity index (χ1) is 6.38. The monoisotopic (exact) mass is 198 g/mol. The van der Waals surface area contributed by atoms with Gasteiger partial charge in [0.1, 0.15) is 5.60 Å². The van der Waals surface area contributed by atoms with E-state index in [4.69, 9.17) is 9.47 Å². The number of ether oxygens (including phenoxy) is 2. The fourth-order valence-corrected chi connectivity index (χ4v) is 1.02. The smallest absolute Gasteiger partial charge is 0.348 e. The first kappa shape index (κ1) is 10.8. The van der Waals surface area contributed by atoms with E-state index in [9.17, 15) is 9.59 Å². The number of ketones is 1. The van der Waals surface area contributed by atoms with Gasteiger partial charge in [-0.3, -0.25) is 4.79 Å². The van der Waals surface area contributed by atoms with E-state index < -0.39 is 17.7 Å². The second-order valence-electron chi connectivity index (χ2n) is 4.13. The minimum absolute atomic E-state index is 0.0609. The van der Waals surface area contributed by atoms with Crippen molar-refractivity contribution in [2.24, 2.45) is 0 Å². The molecular weight excluding hydrogens is 184 g/mol. The first-order valence-electron chi connectivity index (χ1n) is 4.46. The molecule has 0 bridgehead atoms. The summed E-state index contributed by atoms with van der Waals surface area (Å²) >= 11 is 0. The Kier molecular flexibility index (Phi) is 2.93. The van der Waals surface area contributed by atoms with Gasteiger partial charge < -0.3 is 9.47 Å². The molecule has 0 aromatic carbocycles. The van der Waals surface area contributed by atoms with Crippen molar-refractivity contribution in [2.45, 2.75) is 38.9 Å². The van der Waals surface area contributed by atoms with E-state index in [0.29, 0.717) is 0 Å². The molecule has 1 atom stereocenters. The highest BCUT2D eigenvalue weighted by molar-refractivity contribution is 5.94. The van der Waals surface area contributed by atoms with Crippen LogP contribution in [0.25, 0.3) is 0 Å². The van der Waals surface area contributed by atoms with Crippen LogP contribution in [-0.2, 0) is 19.1 Å². The molecule has 0 aliphatic carbocycles. The van der Waals surface area contributed by atoms with Gasteiger partial charge in [-0.1, -0.05) is 0 Å². The number of esters is 1. The number of rotatable bonds is 1. The maximum absolute atomic E-state index is 11.4. The third-order valence-electron chi connectivity index (χ3n) is 1.55. The summed E-state index contributed by atoms with van der Waals surface area (Å²) in [5.74, 6) is -0.609. The number of hydrogen-bond donors (Lipinski definition) is 0. The van der Waals surface area contributed by atoms with Crippen LogP contribution in [0.2, 0.25) is 0 Å².